The molecule has 3 rings (SSSR count). The van der Waals surface area contributed by atoms with Crippen LogP contribution in [-0.4, -0.2) is 18.9 Å². The number of methoxy groups -OCH3 is 1. The summed E-state index contributed by atoms with van der Waals surface area (Å²) < 4.78 is 5.35. The summed E-state index contributed by atoms with van der Waals surface area (Å²) in [6, 6.07) is 13.5. The summed E-state index contributed by atoms with van der Waals surface area (Å²) in [6.45, 7) is 3.88. The molecule has 0 bridgehead atoms. The van der Waals surface area contributed by atoms with Crippen molar-refractivity contribution in [3.63, 3.8) is 0 Å². The largest absolute Gasteiger partial charge is 0.496 e. The van der Waals surface area contributed by atoms with E-state index in [1.54, 1.807) is 7.11 Å². The van der Waals surface area contributed by atoms with Gasteiger partial charge >= 0.3 is 0 Å². The molecule has 2 amide bonds. The van der Waals surface area contributed by atoms with Crippen LogP contribution in [0, 0.1) is 19.8 Å². The van der Waals surface area contributed by atoms with Crippen LogP contribution in [0.5, 0.6) is 5.75 Å². The van der Waals surface area contributed by atoms with Crippen molar-refractivity contribution >= 4 is 17.5 Å². The summed E-state index contributed by atoms with van der Waals surface area (Å²) in [5, 5.41) is 0. The molecule has 2 aromatic carbocycles. The molecule has 4 nitrogen and oxygen atoms in total. The lowest BCUT2D eigenvalue weighted by Crippen LogP contribution is -2.31. The average Bonchev–Trinajstić information content (AvgIpc) is 2.84. The first-order valence-electron chi connectivity index (χ1n) is 8.07. The van der Waals surface area contributed by atoms with Crippen molar-refractivity contribution in [3.05, 3.63) is 59.2 Å². The van der Waals surface area contributed by atoms with Crippen LogP contribution in [0.4, 0.5) is 5.69 Å². The van der Waals surface area contributed by atoms with Gasteiger partial charge in [-0.25, -0.2) is 0 Å². The second-order valence-electron chi connectivity index (χ2n) is 6.27. The van der Waals surface area contributed by atoms with Crippen LogP contribution < -0.4 is 9.64 Å². The van der Waals surface area contributed by atoms with Gasteiger partial charge in [-0.05, 0) is 49.1 Å². The number of para-hydroxylation sites is 1. The topological polar surface area (TPSA) is 46.6 Å². The molecule has 4 heteroatoms. The lowest BCUT2D eigenvalue weighted by atomic mass is 9.97. The number of benzene rings is 2. The molecular weight excluding hydrogens is 302 g/mol. The average molecular weight is 323 g/mol. The Bertz CT molecular complexity index is 797. The highest BCUT2D eigenvalue weighted by Crippen LogP contribution is 2.33. The fraction of sp³-hybridized carbons (Fsp3) is 0.300. The molecule has 1 aliphatic heterocycles. The number of hydrogen-bond donors (Lipinski definition) is 0. The zero-order chi connectivity index (χ0) is 17.3. The molecule has 24 heavy (non-hydrogen) atoms. The Labute approximate surface area is 142 Å². The first kappa shape index (κ1) is 16.2. The maximum atomic E-state index is 12.8. The predicted molar refractivity (Wildman–Crippen MR) is 93.2 cm³/mol. The van der Waals surface area contributed by atoms with Gasteiger partial charge in [-0.3, -0.25) is 14.5 Å². The minimum absolute atomic E-state index is 0.125. The Balaban J connectivity index is 1.88. The lowest BCUT2D eigenvalue weighted by molar-refractivity contribution is -0.122. The Morgan fingerprint density at radius 3 is 2.62 bits per heavy atom. The van der Waals surface area contributed by atoms with Gasteiger partial charge in [0.2, 0.25) is 11.8 Å². The molecule has 2 aromatic rings. The van der Waals surface area contributed by atoms with Crippen LogP contribution in [0.15, 0.2) is 42.5 Å². The van der Waals surface area contributed by atoms with Crippen molar-refractivity contribution in [1.29, 1.82) is 0 Å². The summed E-state index contributed by atoms with van der Waals surface area (Å²) in [6.07, 6.45) is 0.750. The maximum Gasteiger partial charge on any atom is 0.237 e. The van der Waals surface area contributed by atoms with Gasteiger partial charge in [0, 0.05) is 6.42 Å². The van der Waals surface area contributed by atoms with E-state index in [0.29, 0.717) is 12.1 Å². The molecule has 0 N–H and O–H groups in total. The molecule has 1 fully saturated rings. The van der Waals surface area contributed by atoms with E-state index in [9.17, 15) is 9.59 Å². The maximum absolute atomic E-state index is 12.8. The van der Waals surface area contributed by atoms with Crippen LogP contribution in [0.2, 0.25) is 0 Å². The summed E-state index contributed by atoms with van der Waals surface area (Å²) in [5.41, 5.74) is 3.62. The van der Waals surface area contributed by atoms with E-state index in [0.717, 1.165) is 22.4 Å². The van der Waals surface area contributed by atoms with E-state index >= 15 is 0 Å². The third-order valence-corrected chi connectivity index (χ3v) is 4.50. The first-order valence-corrected chi connectivity index (χ1v) is 8.07. The molecule has 1 atom stereocenters. The Morgan fingerprint density at radius 2 is 1.88 bits per heavy atom. The normalized spacial score (nSPS) is 17.5. The molecule has 0 radical (unpaired) electrons. The van der Waals surface area contributed by atoms with Crippen LogP contribution >= 0.6 is 0 Å². The summed E-state index contributed by atoms with van der Waals surface area (Å²) in [7, 11) is 1.61. The number of ether oxygens (including phenoxy) is 1. The number of carbonyl (C=O) groups excluding carboxylic acids is 2. The molecule has 0 unspecified atom stereocenters. The van der Waals surface area contributed by atoms with Crippen LogP contribution in [0.1, 0.15) is 23.1 Å². The highest BCUT2D eigenvalue weighted by molar-refractivity contribution is 6.21. The second-order valence-corrected chi connectivity index (χ2v) is 6.27. The van der Waals surface area contributed by atoms with Gasteiger partial charge in [0.15, 0.2) is 0 Å². The molecule has 1 aliphatic rings. The molecule has 0 aromatic heterocycles. The lowest BCUT2D eigenvalue weighted by Gasteiger charge is -2.18. The highest BCUT2D eigenvalue weighted by atomic mass is 16.5. The number of imide groups is 1. The fourth-order valence-electron chi connectivity index (χ4n) is 3.20. The fourth-order valence-corrected chi connectivity index (χ4v) is 3.20. The minimum Gasteiger partial charge on any atom is -0.496 e. The van der Waals surface area contributed by atoms with Gasteiger partial charge in [-0.1, -0.05) is 30.3 Å². The van der Waals surface area contributed by atoms with E-state index in [1.165, 1.54) is 4.90 Å². The molecule has 0 spiro atoms. The van der Waals surface area contributed by atoms with Gasteiger partial charge in [0.25, 0.3) is 0 Å². The number of hydrogen-bond acceptors (Lipinski definition) is 3. The molecular formula is C20H21NO3. The zero-order valence-electron chi connectivity index (χ0n) is 14.2. The summed E-state index contributed by atoms with van der Waals surface area (Å²) >= 11 is 0. The number of amides is 2. The Hall–Kier alpha value is -2.62. The SMILES string of the molecule is COc1ccccc1C[C@H]1CC(=O)N(c2cc(C)ccc2C)C1=O. The van der Waals surface area contributed by atoms with Crippen molar-refractivity contribution in [2.45, 2.75) is 26.7 Å². The van der Waals surface area contributed by atoms with Crippen molar-refractivity contribution in [3.8, 4) is 5.75 Å². The zero-order valence-corrected chi connectivity index (χ0v) is 14.2. The summed E-state index contributed by atoms with van der Waals surface area (Å²) in [4.78, 5) is 26.7. The molecule has 0 saturated carbocycles. The van der Waals surface area contributed by atoms with Gasteiger partial charge in [0.05, 0.1) is 18.7 Å². The van der Waals surface area contributed by atoms with Gasteiger partial charge < -0.3 is 4.74 Å². The molecule has 1 heterocycles. The standard InChI is InChI=1S/C20H21NO3/c1-13-8-9-14(2)17(10-13)21-19(22)12-16(20(21)23)11-15-6-4-5-7-18(15)24-3/h4-10,16H,11-12H2,1-3H3/t16-/m0/s1. The summed E-state index contributed by atoms with van der Waals surface area (Å²) in [5.74, 6) is 0.157. The molecule has 1 saturated heterocycles. The van der Waals surface area contributed by atoms with E-state index in [4.69, 9.17) is 4.74 Å². The first-order chi connectivity index (χ1) is 11.5. The number of rotatable bonds is 4. The third kappa shape index (κ3) is 2.92. The third-order valence-electron chi connectivity index (χ3n) is 4.50. The quantitative estimate of drug-likeness (QED) is 0.810. The monoisotopic (exact) mass is 323 g/mol. The van der Waals surface area contributed by atoms with E-state index in [2.05, 4.69) is 0 Å². The van der Waals surface area contributed by atoms with Crippen LogP contribution in [0.25, 0.3) is 0 Å². The minimum atomic E-state index is -0.339. The van der Waals surface area contributed by atoms with Crippen molar-refractivity contribution < 1.29 is 14.3 Å². The number of aryl methyl sites for hydroxylation is 2. The van der Waals surface area contributed by atoms with Crippen molar-refractivity contribution in [1.82, 2.24) is 0 Å². The number of anilines is 1. The highest BCUT2D eigenvalue weighted by Gasteiger charge is 2.40. The van der Waals surface area contributed by atoms with Crippen molar-refractivity contribution in [2.24, 2.45) is 5.92 Å². The van der Waals surface area contributed by atoms with Crippen LogP contribution in [0.3, 0.4) is 0 Å². The Kier molecular flexibility index (Phi) is 4.38. The van der Waals surface area contributed by atoms with Crippen molar-refractivity contribution in [2.75, 3.05) is 12.0 Å². The van der Waals surface area contributed by atoms with E-state index < -0.39 is 0 Å². The predicted octanol–water partition coefficient (Wildman–Crippen LogP) is 3.43. The number of nitrogens with zero attached hydrogens (tertiary/aromatic N) is 1. The van der Waals surface area contributed by atoms with Gasteiger partial charge in [-0.15, -0.1) is 0 Å². The second kappa shape index (κ2) is 6.48. The van der Waals surface area contributed by atoms with Gasteiger partial charge in [-0.2, -0.15) is 0 Å². The molecule has 0 aliphatic carbocycles. The van der Waals surface area contributed by atoms with Crippen LogP contribution in [-0.2, 0) is 16.0 Å². The smallest absolute Gasteiger partial charge is 0.237 e. The van der Waals surface area contributed by atoms with E-state index in [1.807, 2.05) is 56.3 Å². The molecule has 124 valence electrons. The van der Waals surface area contributed by atoms with E-state index in [-0.39, 0.29) is 24.2 Å². The number of carbonyl (C=O) groups is 2. The Morgan fingerprint density at radius 1 is 1.12 bits per heavy atom. The van der Waals surface area contributed by atoms with Gasteiger partial charge in [0.1, 0.15) is 5.75 Å².